The van der Waals surface area contributed by atoms with Crippen LogP contribution < -0.4 is 5.73 Å². The van der Waals surface area contributed by atoms with E-state index in [9.17, 15) is 0 Å². The van der Waals surface area contributed by atoms with Crippen LogP contribution in [0.5, 0.6) is 0 Å². The zero-order valence-corrected chi connectivity index (χ0v) is 11.9. The van der Waals surface area contributed by atoms with Gasteiger partial charge in [-0.3, -0.25) is 4.90 Å². The number of thiocarbonyl (C=S) groups is 1. The molecule has 1 aliphatic rings. The molecule has 0 bridgehead atoms. The van der Waals surface area contributed by atoms with E-state index in [2.05, 4.69) is 4.90 Å². The number of nitrogens with zero attached hydrogens (tertiary/aromatic N) is 1. The Hall–Kier alpha value is -0.270. The maximum atomic E-state index is 5.70. The summed E-state index contributed by atoms with van der Waals surface area (Å²) in [5.41, 5.74) is 5.70. The highest BCUT2D eigenvalue weighted by Crippen LogP contribution is 2.16. The summed E-state index contributed by atoms with van der Waals surface area (Å²) >= 11 is 5.06. The summed E-state index contributed by atoms with van der Waals surface area (Å²) in [5, 5.41) is 0. The predicted molar refractivity (Wildman–Crippen MR) is 74.9 cm³/mol. The molecule has 0 aliphatic carbocycles. The number of ether oxygens (including phenoxy) is 3. The van der Waals surface area contributed by atoms with Crippen molar-refractivity contribution in [1.29, 1.82) is 0 Å². The Bertz CT molecular complexity index is 241. The second kappa shape index (κ2) is 9.63. The van der Waals surface area contributed by atoms with Crippen molar-refractivity contribution in [2.75, 3.05) is 53.2 Å². The molecular weight excluding hydrogens is 252 g/mol. The van der Waals surface area contributed by atoms with Crippen LogP contribution in [0.4, 0.5) is 0 Å². The first-order valence-electron chi connectivity index (χ1n) is 6.43. The smallest absolute Gasteiger partial charge is 0.0902 e. The lowest BCUT2D eigenvalue weighted by molar-refractivity contribution is 0.0199. The van der Waals surface area contributed by atoms with Crippen LogP contribution >= 0.6 is 12.2 Å². The highest BCUT2D eigenvalue weighted by Gasteiger charge is 2.25. The number of hydrogen-bond donors (Lipinski definition) is 1. The first kappa shape index (κ1) is 15.8. The predicted octanol–water partition coefficient (Wildman–Crippen LogP) is 0.417. The van der Waals surface area contributed by atoms with Gasteiger partial charge in [0.1, 0.15) is 0 Å². The maximum Gasteiger partial charge on any atom is 0.0902 e. The van der Waals surface area contributed by atoms with Crippen LogP contribution in [0.25, 0.3) is 0 Å². The quantitative estimate of drug-likeness (QED) is 0.461. The van der Waals surface area contributed by atoms with Gasteiger partial charge in [0.15, 0.2) is 0 Å². The molecule has 0 saturated carbocycles. The molecule has 5 nitrogen and oxygen atoms in total. The van der Waals surface area contributed by atoms with Crippen LogP contribution in [0, 0.1) is 0 Å². The topological polar surface area (TPSA) is 57.0 Å². The molecule has 106 valence electrons. The third-order valence-electron chi connectivity index (χ3n) is 3.02. The van der Waals surface area contributed by atoms with Crippen LogP contribution in [0.15, 0.2) is 0 Å². The first-order valence-corrected chi connectivity index (χ1v) is 6.84. The Kier molecular flexibility index (Phi) is 8.45. The molecule has 1 unspecified atom stereocenters. The molecule has 18 heavy (non-hydrogen) atoms. The highest BCUT2D eigenvalue weighted by molar-refractivity contribution is 7.80. The third kappa shape index (κ3) is 6.06. The van der Waals surface area contributed by atoms with Gasteiger partial charge in [0.2, 0.25) is 0 Å². The van der Waals surface area contributed by atoms with Gasteiger partial charge in [-0.25, -0.2) is 0 Å². The number of likely N-dealkylation sites (tertiary alicyclic amines) is 1. The number of rotatable bonds is 10. The van der Waals surface area contributed by atoms with E-state index in [4.69, 9.17) is 32.2 Å². The molecule has 0 amide bonds. The van der Waals surface area contributed by atoms with E-state index in [1.807, 2.05) is 0 Å². The fourth-order valence-corrected chi connectivity index (χ4v) is 2.33. The number of nitrogens with two attached hydrogens (primary N) is 1. The largest absolute Gasteiger partial charge is 0.392 e. The van der Waals surface area contributed by atoms with Gasteiger partial charge in [0.05, 0.1) is 44.1 Å². The number of hydrogen-bond acceptors (Lipinski definition) is 5. The summed E-state index contributed by atoms with van der Waals surface area (Å²) in [6.07, 6.45) is 2.25. The Morgan fingerprint density at radius 3 is 2.56 bits per heavy atom. The Morgan fingerprint density at radius 1 is 1.22 bits per heavy atom. The van der Waals surface area contributed by atoms with Crippen molar-refractivity contribution in [3.63, 3.8) is 0 Å². The Labute approximate surface area is 115 Å². The lowest BCUT2D eigenvalue weighted by Gasteiger charge is -2.23. The van der Waals surface area contributed by atoms with Gasteiger partial charge in [-0.2, -0.15) is 0 Å². The van der Waals surface area contributed by atoms with Crippen molar-refractivity contribution in [2.45, 2.75) is 18.9 Å². The van der Waals surface area contributed by atoms with Gasteiger partial charge >= 0.3 is 0 Å². The molecular formula is C12H24N2O3S. The van der Waals surface area contributed by atoms with Gasteiger partial charge in [0, 0.05) is 13.7 Å². The molecule has 1 atom stereocenters. The van der Waals surface area contributed by atoms with E-state index in [-0.39, 0.29) is 6.04 Å². The average Bonchev–Trinajstić information content (AvgIpc) is 2.81. The van der Waals surface area contributed by atoms with Crippen molar-refractivity contribution < 1.29 is 14.2 Å². The van der Waals surface area contributed by atoms with Crippen LogP contribution in [-0.2, 0) is 14.2 Å². The molecule has 0 radical (unpaired) electrons. The zero-order valence-electron chi connectivity index (χ0n) is 11.1. The van der Waals surface area contributed by atoms with E-state index >= 15 is 0 Å². The van der Waals surface area contributed by atoms with Gasteiger partial charge in [-0.1, -0.05) is 12.2 Å². The zero-order chi connectivity index (χ0) is 13.2. The second-order valence-electron chi connectivity index (χ2n) is 4.31. The van der Waals surface area contributed by atoms with E-state index in [0.717, 1.165) is 19.5 Å². The lowest BCUT2D eigenvalue weighted by atomic mass is 10.2. The fraction of sp³-hybridized carbons (Fsp3) is 0.917. The maximum absolute atomic E-state index is 5.70. The van der Waals surface area contributed by atoms with Gasteiger partial charge in [-0.05, 0) is 19.4 Å². The number of methoxy groups -OCH3 is 1. The van der Waals surface area contributed by atoms with Gasteiger partial charge < -0.3 is 19.9 Å². The Morgan fingerprint density at radius 2 is 1.89 bits per heavy atom. The van der Waals surface area contributed by atoms with E-state index in [0.29, 0.717) is 38.0 Å². The SMILES string of the molecule is COCCOCCOCCN1CCCC1C(N)=S. The minimum absolute atomic E-state index is 0.265. The van der Waals surface area contributed by atoms with Crippen molar-refractivity contribution in [2.24, 2.45) is 5.73 Å². The lowest BCUT2D eigenvalue weighted by Crippen LogP contribution is -2.40. The molecule has 1 heterocycles. The Balaban J connectivity index is 1.96. The molecule has 2 N–H and O–H groups in total. The van der Waals surface area contributed by atoms with Crippen LogP contribution in [0.2, 0.25) is 0 Å². The summed E-state index contributed by atoms with van der Waals surface area (Å²) in [6.45, 7) is 5.14. The summed E-state index contributed by atoms with van der Waals surface area (Å²) in [5.74, 6) is 0. The standard InChI is InChI=1S/C12H24N2O3S/c1-15-7-8-17-10-9-16-6-5-14-4-2-3-11(14)12(13)18/h11H,2-10H2,1H3,(H2,13,18). The fourth-order valence-electron chi connectivity index (χ4n) is 2.06. The molecule has 1 rings (SSSR count). The van der Waals surface area contributed by atoms with Crippen molar-refractivity contribution in [3.8, 4) is 0 Å². The molecule has 0 aromatic rings. The van der Waals surface area contributed by atoms with Gasteiger partial charge in [0.25, 0.3) is 0 Å². The normalized spacial score (nSPS) is 20.4. The minimum Gasteiger partial charge on any atom is -0.392 e. The van der Waals surface area contributed by atoms with E-state index in [1.54, 1.807) is 7.11 Å². The van der Waals surface area contributed by atoms with Crippen molar-refractivity contribution in [3.05, 3.63) is 0 Å². The van der Waals surface area contributed by atoms with E-state index < -0.39 is 0 Å². The van der Waals surface area contributed by atoms with E-state index in [1.165, 1.54) is 6.42 Å². The second-order valence-corrected chi connectivity index (χ2v) is 4.79. The summed E-state index contributed by atoms with van der Waals surface area (Å²) in [7, 11) is 1.66. The molecule has 1 fully saturated rings. The van der Waals surface area contributed by atoms with Gasteiger partial charge in [-0.15, -0.1) is 0 Å². The molecule has 0 spiro atoms. The third-order valence-corrected chi connectivity index (χ3v) is 3.29. The van der Waals surface area contributed by atoms with Crippen LogP contribution in [0.3, 0.4) is 0 Å². The van der Waals surface area contributed by atoms with Crippen LogP contribution in [0.1, 0.15) is 12.8 Å². The minimum atomic E-state index is 0.265. The molecule has 1 aliphatic heterocycles. The molecule has 0 aromatic carbocycles. The molecule has 0 aromatic heterocycles. The summed E-state index contributed by atoms with van der Waals surface area (Å²) < 4.78 is 15.7. The summed E-state index contributed by atoms with van der Waals surface area (Å²) in [4.78, 5) is 2.91. The first-order chi connectivity index (χ1) is 8.75. The molecule has 1 saturated heterocycles. The van der Waals surface area contributed by atoms with Crippen molar-refractivity contribution in [1.82, 2.24) is 4.90 Å². The monoisotopic (exact) mass is 276 g/mol. The molecule has 6 heteroatoms. The van der Waals surface area contributed by atoms with Crippen molar-refractivity contribution >= 4 is 17.2 Å². The van der Waals surface area contributed by atoms with Crippen LogP contribution in [-0.4, -0.2) is 69.2 Å². The average molecular weight is 276 g/mol. The highest BCUT2D eigenvalue weighted by atomic mass is 32.1. The summed E-state index contributed by atoms with van der Waals surface area (Å²) in [6, 6.07) is 0.265.